The smallest absolute Gasteiger partial charge is 0.251 e. The van der Waals surface area contributed by atoms with Crippen molar-refractivity contribution in [1.82, 2.24) is 10.6 Å². The Bertz CT molecular complexity index is 2370. The molecule has 0 aliphatic carbocycles. The lowest BCUT2D eigenvalue weighted by molar-refractivity contribution is -0.00242. The molecule has 6 aliphatic heterocycles. The number of carbonyl (C=O) groups excluding carboxylic acids is 2. The van der Waals surface area contributed by atoms with Crippen LogP contribution < -0.4 is 39.7 Å². The topological polar surface area (TPSA) is 108 Å². The Morgan fingerprint density at radius 2 is 1.03 bits per heavy atom. The van der Waals surface area contributed by atoms with E-state index in [1.807, 2.05) is 99.0 Å². The highest BCUT2D eigenvalue weighted by Crippen LogP contribution is 2.58. The van der Waals surface area contributed by atoms with Gasteiger partial charge in [-0.1, -0.05) is 73.5 Å². The van der Waals surface area contributed by atoms with Crippen LogP contribution in [0.15, 0.2) is 109 Å². The third-order valence-corrected chi connectivity index (χ3v) is 15.9. The zero-order valence-electron chi connectivity index (χ0n) is 35.9. The molecule has 2 unspecified atom stereocenters. The average Bonchev–Trinajstić information content (AvgIpc) is 4.10. The Morgan fingerprint density at radius 3 is 1.45 bits per heavy atom. The van der Waals surface area contributed by atoms with Crippen LogP contribution in [0.5, 0.6) is 11.5 Å². The van der Waals surface area contributed by atoms with Crippen molar-refractivity contribution in [3.05, 3.63) is 131 Å². The van der Waals surface area contributed by atoms with E-state index in [2.05, 4.69) is 70.1 Å². The summed E-state index contributed by atoms with van der Waals surface area (Å²) in [6.07, 6.45) is 4.20. The molecule has 0 bridgehead atoms. The Hall–Kier alpha value is -5.28. The molecule has 0 aromatic heterocycles. The van der Waals surface area contributed by atoms with Crippen LogP contribution in [0, 0.1) is 0 Å². The van der Waals surface area contributed by atoms with E-state index in [1.165, 1.54) is 0 Å². The minimum atomic E-state index is -0.757. The fourth-order valence-corrected chi connectivity index (χ4v) is 11.9. The summed E-state index contributed by atoms with van der Waals surface area (Å²) >= 11 is 0. The number of hydrogen-bond donors (Lipinski definition) is 2. The maximum absolute atomic E-state index is 13.4. The summed E-state index contributed by atoms with van der Waals surface area (Å²) < 4.78 is 25.8. The van der Waals surface area contributed by atoms with Crippen molar-refractivity contribution in [2.24, 2.45) is 0 Å². The zero-order chi connectivity index (χ0) is 43.0. The molecule has 4 aromatic carbocycles. The van der Waals surface area contributed by atoms with Crippen molar-refractivity contribution in [2.75, 3.05) is 84.6 Å². The molecular weight excluding hydrogens is 821 g/mol. The number of anilines is 4. The fourth-order valence-electron chi connectivity index (χ4n) is 10.1. The van der Waals surface area contributed by atoms with Gasteiger partial charge in [0.2, 0.25) is 11.8 Å². The first-order chi connectivity index (χ1) is 29.9. The van der Waals surface area contributed by atoms with Gasteiger partial charge in [0.25, 0.3) is 11.8 Å². The van der Waals surface area contributed by atoms with Crippen molar-refractivity contribution in [3.8, 4) is 11.5 Å². The van der Waals surface area contributed by atoms with Crippen LogP contribution in [0.25, 0.3) is 0 Å². The predicted octanol–water partition coefficient (Wildman–Crippen LogP) is 7.62. The second-order valence-electron chi connectivity index (χ2n) is 17.5. The molecule has 322 valence electrons. The molecule has 2 atom stereocenters. The standard InChI is InChI=1S/C48H52N6O6S2/c1-45(2)33-27-31(15-17-35(33)53-21-23-57-47(45,53)29-41-51(5)37-11-7-9-13-39(37)59-41)43(55)49-19-25-61-62-26-20-50-44(56)32-16-18-36-34(28-32)46(3,4)48(54(36)22-24-58-48)30-42-52(6)38-12-8-10-14-40(38)60-42/h7-18,27-30H,19-26H2,1-6H3,(H,49,55)(H,50,56)/b41-29-,42-30-. The largest absolute Gasteiger partial charge is 0.439 e. The summed E-state index contributed by atoms with van der Waals surface area (Å²) in [4.78, 5) is 35.5. The van der Waals surface area contributed by atoms with Gasteiger partial charge in [-0.15, -0.1) is 0 Å². The number of hydrogen-bond acceptors (Lipinski definition) is 12. The summed E-state index contributed by atoms with van der Waals surface area (Å²) in [6, 6.07) is 28.0. The quantitative estimate of drug-likeness (QED) is 0.114. The lowest BCUT2D eigenvalue weighted by Gasteiger charge is -2.40. The molecule has 10 rings (SSSR count). The highest BCUT2D eigenvalue weighted by atomic mass is 33.1. The van der Waals surface area contributed by atoms with Crippen molar-refractivity contribution in [2.45, 2.75) is 50.0 Å². The highest BCUT2D eigenvalue weighted by Gasteiger charge is 2.62. The summed E-state index contributed by atoms with van der Waals surface area (Å²) in [5.41, 5.74) is 5.11. The van der Waals surface area contributed by atoms with E-state index < -0.39 is 22.3 Å². The van der Waals surface area contributed by atoms with Gasteiger partial charge in [0.05, 0.1) is 24.6 Å². The molecule has 4 aromatic rings. The lowest BCUT2D eigenvalue weighted by atomic mass is 9.77. The van der Waals surface area contributed by atoms with Crippen molar-refractivity contribution in [3.63, 3.8) is 0 Å². The Kier molecular flexibility index (Phi) is 10.0. The molecule has 2 saturated heterocycles. The Morgan fingerprint density at radius 1 is 0.613 bits per heavy atom. The van der Waals surface area contributed by atoms with Gasteiger partial charge in [-0.3, -0.25) is 9.59 Å². The fraction of sp³-hybridized carbons (Fsp3) is 0.375. The minimum absolute atomic E-state index is 0.104. The lowest BCUT2D eigenvalue weighted by Crippen LogP contribution is -2.52. The number of nitrogens with one attached hydrogen (secondary N) is 2. The average molecular weight is 873 g/mol. The van der Waals surface area contributed by atoms with Crippen molar-refractivity contribution >= 4 is 56.2 Å². The molecule has 2 amide bonds. The van der Waals surface area contributed by atoms with E-state index in [9.17, 15) is 9.59 Å². The van der Waals surface area contributed by atoms with Crippen molar-refractivity contribution < 1.29 is 28.5 Å². The number of nitrogens with zero attached hydrogens (tertiary/aromatic N) is 4. The Labute approximate surface area is 371 Å². The summed E-state index contributed by atoms with van der Waals surface area (Å²) in [6.45, 7) is 12.4. The second kappa shape index (κ2) is 15.2. The molecule has 12 nitrogen and oxygen atoms in total. The zero-order valence-corrected chi connectivity index (χ0v) is 37.6. The van der Waals surface area contributed by atoms with Gasteiger partial charge in [-0.25, -0.2) is 0 Å². The molecule has 0 saturated carbocycles. The van der Waals surface area contributed by atoms with Gasteiger partial charge < -0.3 is 49.2 Å². The molecule has 6 aliphatic rings. The van der Waals surface area contributed by atoms with Crippen LogP contribution in [-0.4, -0.2) is 88.3 Å². The first kappa shape index (κ1) is 40.8. The van der Waals surface area contributed by atoms with E-state index in [0.717, 1.165) is 81.7 Å². The molecule has 62 heavy (non-hydrogen) atoms. The van der Waals surface area contributed by atoms with Gasteiger partial charge in [0.1, 0.15) is 0 Å². The summed E-state index contributed by atoms with van der Waals surface area (Å²) in [5, 5.41) is 6.20. The van der Waals surface area contributed by atoms with Crippen LogP contribution in [0.4, 0.5) is 22.7 Å². The third kappa shape index (κ3) is 6.19. The van der Waals surface area contributed by atoms with Gasteiger partial charge in [-0.2, -0.15) is 0 Å². The summed E-state index contributed by atoms with van der Waals surface area (Å²) in [5.74, 6) is 4.36. The molecule has 2 fully saturated rings. The van der Waals surface area contributed by atoms with Gasteiger partial charge in [-0.05, 0) is 71.8 Å². The van der Waals surface area contributed by atoms with Crippen LogP contribution in [0.1, 0.15) is 59.5 Å². The number of ether oxygens (including phenoxy) is 4. The monoisotopic (exact) mass is 872 g/mol. The number of amides is 2. The van der Waals surface area contributed by atoms with Gasteiger partial charge in [0, 0.05) is 97.3 Å². The van der Waals surface area contributed by atoms with Crippen LogP contribution in [-0.2, 0) is 20.3 Å². The molecule has 6 heterocycles. The molecule has 0 radical (unpaired) electrons. The molecule has 2 N–H and O–H groups in total. The van der Waals surface area contributed by atoms with Gasteiger partial charge >= 0.3 is 0 Å². The van der Waals surface area contributed by atoms with E-state index in [1.54, 1.807) is 21.6 Å². The number of rotatable bonds is 11. The van der Waals surface area contributed by atoms with Crippen molar-refractivity contribution in [1.29, 1.82) is 0 Å². The Balaban J connectivity index is 0.707. The number of benzene rings is 4. The van der Waals surface area contributed by atoms with E-state index in [4.69, 9.17) is 18.9 Å². The normalized spacial score (nSPS) is 24.4. The van der Waals surface area contributed by atoms with Crippen LogP contribution >= 0.6 is 21.6 Å². The summed E-state index contributed by atoms with van der Waals surface area (Å²) in [7, 11) is 7.38. The van der Waals surface area contributed by atoms with E-state index in [0.29, 0.717) is 37.4 Å². The van der Waals surface area contributed by atoms with E-state index >= 15 is 0 Å². The van der Waals surface area contributed by atoms with E-state index in [-0.39, 0.29) is 11.8 Å². The SMILES string of the molecule is CN1/C(=C/C23OCCN2c2ccc(C(=O)NCCSSCCNC(=O)c4ccc5c(c4)C(C)(C)C4(/C=C6\Oc7ccccc7N6C)OCCN54)cc2C3(C)C)Oc2ccccc21. The maximum atomic E-state index is 13.4. The van der Waals surface area contributed by atoms with Crippen LogP contribution in [0.2, 0.25) is 0 Å². The van der Waals surface area contributed by atoms with Gasteiger partial charge in [0.15, 0.2) is 22.9 Å². The molecule has 14 heteroatoms. The molecule has 0 spiro atoms. The maximum Gasteiger partial charge on any atom is 0.251 e. The second-order valence-corrected chi connectivity index (χ2v) is 20.2. The number of para-hydroxylation sites is 4. The molecular formula is C48H52N6O6S2. The highest BCUT2D eigenvalue weighted by molar-refractivity contribution is 8.76. The minimum Gasteiger partial charge on any atom is -0.439 e. The first-order valence-electron chi connectivity index (χ1n) is 21.3. The number of fused-ring (bicyclic) bond motifs is 8. The first-order valence-corrected chi connectivity index (χ1v) is 23.8. The number of carbonyl (C=O) groups is 2. The van der Waals surface area contributed by atoms with Crippen LogP contribution in [0.3, 0.4) is 0 Å². The predicted molar refractivity (Wildman–Crippen MR) is 248 cm³/mol. The third-order valence-electron chi connectivity index (χ3n) is 13.5.